The second-order valence-corrected chi connectivity index (χ2v) is 9.99. The zero-order valence-corrected chi connectivity index (χ0v) is 23.4. The lowest BCUT2D eigenvalue weighted by Gasteiger charge is -2.10. The molecule has 6 aromatic rings. The van der Waals surface area contributed by atoms with Crippen LogP contribution in [0.2, 0.25) is 0 Å². The number of ketones is 2. The summed E-state index contributed by atoms with van der Waals surface area (Å²) < 4.78 is 11.9. The van der Waals surface area contributed by atoms with Gasteiger partial charge in [-0.2, -0.15) is 0 Å². The van der Waals surface area contributed by atoms with Crippen molar-refractivity contribution in [2.24, 2.45) is 0 Å². The van der Waals surface area contributed by atoms with Crippen LogP contribution in [-0.4, -0.2) is 21.8 Å². The summed E-state index contributed by atoms with van der Waals surface area (Å²) >= 11 is 0. The van der Waals surface area contributed by atoms with Crippen LogP contribution >= 0.6 is 0 Å². The van der Waals surface area contributed by atoms with Crippen molar-refractivity contribution < 1.29 is 29.3 Å². The molecule has 0 bridgehead atoms. The topological polar surface area (TPSA) is 93.1 Å². The van der Waals surface area contributed by atoms with Crippen LogP contribution in [0.4, 0.5) is 0 Å². The monoisotopic (exact) mass is 578 g/mol. The Morgan fingerprint density at radius 1 is 0.386 bits per heavy atom. The maximum absolute atomic E-state index is 12.7. The summed E-state index contributed by atoms with van der Waals surface area (Å²) in [6.45, 7) is 0. The molecule has 0 radical (unpaired) electrons. The minimum atomic E-state index is -0.259. The van der Waals surface area contributed by atoms with Gasteiger partial charge >= 0.3 is 0 Å². The number of rotatable bonds is 9. The Balaban J connectivity index is 1.06. The number of phenols is 2. The van der Waals surface area contributed by atoms with E-state index in [4.69, 9.17) is 9.47 Å². The Labute approximate surface area is 254 Å². The van der Waals surface area contributed by atoms with E-state index in [0.29, 0.717) is 34.1 Å². The Morgan fingerprint density at radius 2 is 0.682 bits per heavy atom. The molecule has 0 fully saturated rings. The van der Waals surface area contributed by atoms with E-state index < -0.39 is 0 Å². The third-order valence-electron chi connectivity index (χ3n) is 7.04. The van der Waals surface area contributed by atoms with Crippen molar-refractivity contribution in [3.8, 4) is 45.6 Å². The zero-order chi connectivity index (χ0) is 30.5. The summed E-state index contributed by atoms with van der Waals surface area (Å²) in [5.41, 5.74) is 3.42. The van der Waals surface area contributed by atoms with Gasteiger partial charge in [-0.15, -0.1) is 0 Å². The van der Waals surface area contributed by atoms with Gasteiger partial charge in [-0.05, 0) is 108 Å². The molecular formula is C38H26O6. The van der Waals surface area contributed by atoms with E-state index in [1.165, 1.54) is 12.1 Å². The molecule has 0 unspecified atom stereocenters. The number of phenolic OH excluding ortho intramolecular Hbond substituents is 2. The predicted octanol–water partition coefficient (Wildman–Crippen LogP) is 8.81. The number of para-hydroxylation sites is 2. The van der Waals surface area contributed by atoms with E-state index in [1.807, 2.05) is 48.5 Å². The van der Waals surface area contributed by atoms with Crippen LogP contribution in [0.3, 0.4) is 0 Å². The van der Waals surface area contributed by atoms with E-state index in [1.54, 1.807) is 84.9 Å². The SMILES string of the molecule is O=C(c1ccc(Oc2ccc(-c3ccc(Oc4ccc(C(=O)c5ccccc5O)cc4)cc3)cc2)cc1)c1ccccc1O. The van der Waals surface area contributed by atoms with Gasteiger partial charge in [-0.25, -0.2) is 0 Å². The molecule has 0 saturated carbocycles. The van der Waals surface area contributed by atoms with Crippen molar-refractivity contribution in [1.29, 1.82) is 0 Å². The first-order valence-corrected chi connectivity index (χ1v) is 13.9. The van der Waals surface area contributed by atoms with Gasteiger partial charge in [0.2, 0.25) is 0 Å². The summed E-state index contributed by atoms with van der Waals surface area (Å²) in [5, 5.41) is 19.9. The molecular weight excluding hydrogens is 552 g/mol. The molecule has 0 heterocycles. The molecule has 0 atom stereocenters. The Morgan fingerprint density at radius 3 is 1.00 bits per heavy atom. The molecule has 0 aromatic heterocycles. The summed E-state index contributed by atoms with van der Waals surface area (Å²) in [4.78, 5) is 25.4. The van der Waals surface area contributed by atoms with E-state index in [9.17, 15) is 19.8 Å². The number of hydrogen-bond acceptors (Lipinski definition) is 6. The highest BCUT2D eigenvalue weighted by Crippen LogP contribution is 2.30. The Kier molecular flexibility index (Phi) is 7.88. The molecule has 0 saturated heterocycles. The molecule has 0 amide bonds. The first-order chi connectivity index (χ1) is 21.4. The van der Waals surface area contributed by atoms with E-state index in [2.05, 4.69) is 0 Å². The quantitative estimate of drug-likeness (QED) is 0.167. The van der Waals surface area contributed by atoms with Crippen LogP contribution in [0, 0.1) is 0 Å². The van der Waals surface area contributed by atoms with Gasteiger partial charge < -0.3 is 19.7 Å². The fraction of sp³-hybridized carbons (Fsp3) is 0. The number of carbonyl (C=O) groups is 2. The average molecular weight is 579 g/mol. The number of aromatic hydroxyl groups is 2. The zero-order valence-electron chi connectivity index (χ0n) is 23.4. The summed E-state index contributed by atoms with van der Waals surface area (Å²) in [6, 6.07) is 41.8. The van der Waals surface area contributed by atoms with Crippen LogP contribution in [0.5, 0.6) is 34.5 Å². The highest BCUT2D eigenvalue weighted by molar-refractivity contribution is 6.11. The van der Waals surface area contributed by atoms with E-state index >= 15 is 0 Å². The van der Waals surface area contributed by atoms with Crippen LogP contribution in [0.25, 0.3) is 11.1 Å². The minimum Gasteiger partial charge on any atom is -0.507 e. The number of ether oxygens (including phenoxy) is 2. The van der Waals surface area contributed by atoms with Gasteiger partial charge in [0.05, 0.1) is 11.1 Å². The molecule has 0 aliphatic heterocycles. The van der Waals surface area contributed by atoms with Crippen LogP contribution < -0.4 is 9.47 Å². The first kappa shape index (κ1) is 28.0. The number of hydrogen-bond donors (Lipinski definition) is 2. The fourth-order valence-corrected chi connectivity index (χ4v) is 4.69. The first-order valence-electron chi connectivity index (χ1n) is 13.9. The predicted molar refractivity (Wildman–Crippen MR) is 168 cm³/mol. The highest BCUT2D eigenvalue weighted by atomic mass is 16.5. The minimum absolute atomic E-state index is 0.0496. The molecule has 0 spiro atoms. The number of benzene rings is 6. The molecule has 0 aliphatic rings. The van der Waals surface area contributed by atoms with Crippen molar-refractivity contribution >= 4 is 11.6 Å². The van der Waals surface area contributed by atoms with Crippen molar-refractivity contribution in [2.75, 3.05) is 0 Å². The maximum Gasteiger partial charge on any atom is 0.196 e. The average Bonchev–Trinajstić information content (AvgIpc) is 3.06. The Bertz CT molecular complexity index is 1780. The molecule has 6 aromatic carbocycles. The number of carbonyl (C=O) groups excluding carboxylic acids is 2. The molecule has 2 N–H and O–H groups in total. The van der Waals surface area contributed by atoms with E-state index in [0.717, 1.165) is 11.1 Å². The Hall–Kier alpha value is -6.14. The van der Waals surface area contributed by atoms with Crippen molar-refractivity contribution in [3.63, 3.8) is 0 Å². The molecule has 0 aliphatic carbocycles. The molecule has 214 valence electrons. The third kappa shape index (κ3) is 6.20. The molecule has 44 heavy (non-hydrogen) atoms. The van der Waals surface area contributed by atoms with Crippen molar-refractivity contribution in [2.45, 2.75) is 0 Å². The smallest absolute Gasteiger partial charge is 0.196 e. The van der Waals surface area contributed by atoms with Crippen molar-refractivity contribution in [1.82, 2.24) is 0 Å². The molecule has 6 rings (SSSR count). The largest absolute Gasteiger partial charge is 0.507 e. The van der Waals surface area contributed by atoms with Gasteiger partial charge in [0.1, 0.15) is 34.5 Å². The normalized spacial score (nSPS) is 10.6. The van der Waals surface area contributed by atoms with Crippen LogP contribution in [0.15, 0.2) is 146 Å². The summed E-state index contributed by atoms with van der Waals surface area (Å²) in [5.74, 6) is 1.86. The molecule has 6 nitrogen and oxygen atoms in total. The molecule has 6 heteroatoms. The fourth-order valence-electron chi connectivity index (χ4n) is 4.69. The van der Waals surface area contributed by atoms with E-state index in [-0.39, 0.29) is 34.2 Å². The standard InChI is InChI=1S/C38H26O6/c39-35-7-3-1-5-33(35)37(41)27-13-21-31(22-14-27)43-29-17-9-25(10-18-29)26-11-19-30(20-12-26)44-32-23-15-28(16-24-32)38(42)34-6-2-4-8-36(34)40/h1-24,39-40H. The van der Waals surface area contributed by atoms with Gasteiger partial charge in [-0.1, -0.05) is 48.5 Å². The maximum atomic E-state index is 12.7. The lowest BCUT2D eigenvalue weighted by atomic mass is 10.0. The van der Waals surface area contributed by atoms with Crippen LogP contribution in [-0.2, 0) is 0 Å². The van der Waals surface area contributed by atoms with Gasteiger partial charge in [0.15, 0.2) is 11.6 Å². The highest BCUT2D eigenvalue weighted by Gasteiger charge is 2.14. The summed E-state index contributed by atoms with van der Waals surface area (Å²) in [6.07, 6.45) is 0. The lowest BCUT2D eigenvalue weighted by Crippen LogP contribution is -2.01. The van der Waals surface area contributed by atoms with Crippen LogP contribution in [0.1, 0.15) is 31.8 Å². The lowest BCUT2D eigenvalue weighted by molar-refractivity contribution is 0.102. The second-order valence-electron chi connectivity index (χ2n) is 9.99. The van der Waals surface area contributed by atoms with Gasteiger partial charge in [0, 0.05) is 11.1 Å². The second kappa shape index (κ2) is 12.4. The van der Waals surface area contributed by atoms with Crippen molar-refractivity contribution in [3.05, 3.63) is 168 Å². The van der Waals surface area contributed by atoms with Gasteiger partial charge in [0.25, 0.3) is 0 Å². The van der Waals surface area contributed by atoms with Gasteiger partial charge in [-0.3, -0.25) is 9.59 Å². The third-order valence-corrected chi connectivity index (χ3v) is 7.04. The summed E-state index contributed by atoms with van der Waals surface area (Å²) in [7, 11) is 0.